The van der Waals surface area contributed by atoms with Gasteiger partial charge in [0, 0.05) is 22.6 Å². The Hall–Kier alpha value is -2.77. The fourth-order valence-electron chi connectivity index (χ4n) is 2.19. The van der Waals surface area contributed by atoms with Gasteiger partial charge in [0.15, 0.2) is 0 Å². The first kappa shape index (κ1) is 17.6. The molecule has 2 aromatic rings. The van der Waals surface area contributed by atoms with Gasteiger partial charge in [-0.15, -0.1) is 0 Å². The van der Waals surface area contributed by atoms with Crippen molar-refractivity contribution in [1.82, 2.24) is 0 Å². The van der Waals surface area contributed by atoms with E-state index < -0.39 is 5.91 Å². The molecule has 0 aliphatic heterocycles. The molecule has 0 radical (unpaired) electrons. The highest BCUT2D eigenvalue weighted by Gasteiger charge is 2.11. The molecule has 0 fully saturated rings. The molecule has 5 heteroatoms. The van der Waals surface area contributed by atoms with Gasteiger partial charge in [-0.25, -0.2) is 0 Å². The Bertz CT molecular complexity index is 822. The van der Waals surface area contributed by atoms with Crippen molar-refractivity contribution < 1.29 is 4.79 Å². The zero-order chi connectivity index (χ0) is 17.5. The Labute approximate surface area is 146 Å². The van der Waals surface area contributed by atoms with Crippen LogP contribution in [-0.2, 0) is 11.2 Å². The second-order valence-corrected chi connectivity index (χ2v) is 5.67. The van der Waals surface area contributed by atoms with Crippen LogP contribution in [0.15, 0.2) is 54.2 Å². The van der Waals surface area contributed by atoms with Gasteiger partial charge in [0.05, 0.1) is 0 Å². The van der Waals surface area contributed by atoms with Crippen molar-refractivity contribution in [3.8, 4) is 6.07 Å². The fourth-order valence-corrected chi connectivity index (χ4v) is 2.36. The van der Waals surface area contributed by atoms with E-state index in [0.717, 1.165) is 23.2 Å². The zero-order valence-electron chi connectivity index (χ0n) is 13.6. The van der Waals surface area contributed by atoms with Crippen LogP contribution in [0.2, 0.25) is 5.02 Å². The molecule has 0 aliphatic carbocycles. The van der Waals surface area contributed by atoms with Crippen molar-refractivity contribution in [3.63, 3.8) is 0 Å². The quantitative estimate of drug-likeness (QED) is 0.614. The number of nitrogens with one attached hydrogen (secondary N) is 2. The summed E-state index contributed by atoms with van der Waals surface area (Å²) >= 11 is 5.95. The molecule has 2 aromatic carbocycles. The van der Waals surface area contributed by atoms with Gasteiger partial charge < -0.3 is 10.6 Å². The van der Waals surface area contributed by atoms with Gasteiger partial charge in [-0.3, -0.25) is 4.79 Å². The number of benzene rings is 2. The summed E-state index contributed by atoms with van der Waals surface area (Å²) in [5, 5.41) is 15.5. The van der Waals surface area contributed by atoms with E-state index >= 15 is 0 Å². The molecular weight excluding hydrogens is 322 g/mol. The average Bonchev–Trinajstić information content (AvgIpc) is 2.59. The topological polar surface area (TPSA) is 64.9 Å². The van der Waals surface area contributed by atoms with E-state index in [4.69, 9.17) is 11.6 Å². The highest BCUT2D eigenvalue weighted by Crippen LogP contribution is 2.21. The number of aryl methyl sites for hydroxylation is 2. The number of halogens is 1. The third-order valence-electron chi connectivity index (χ3n) is 3.58. The third-order valence-corrected chi connectivity index (χ3v) is 3.82. The molecule has 0 atom stereocenters. The number of anilines is 2. The monoisotopic (exact) mass is 339 g/mol. The van der Waals surface area contributed by atoms with E-state index in [2.05, 4.69) is 10.6 Å². The summed E-state index contributed by atoms with van der Waals surface area (Å²) < 4.78 is 0. The van der Waals surface area contributed by atoms with Gasteiger partial charge in [0.1, 0.15) is 11.6 Å². The van der Waals surface area contributed by atoms with Gasteiger partial charge in [0.2, 0.25) is 0 Å². The summed E-state index contributed by atoms with van der Waals surface area (Å²) in [7, 11) is 0. The Morgan fingerprint density at radius 1 is 1.25 bits per heavy atom. The van der Waals surface area contributed by atoms with E-state index in [0.29, 0.717) is 10.7 Å². The van der Waals surface area contributed by atoms with Crippen LogP contribution in [0.25, 0.3) is 0 Å². The molecule has 0 heterocycles. The lowest BCUT2D eigenvalue weighted by Gasteiger charge is -2.10. The lowest BCUT2D eigenvalue weighted by Crippen LogP contribution is -2.15. The summed E-state index contributed by atoms with van der Waals surface area (Å²) in [6.07, 6.45) is 2.27. The highest BCUT2D eigenvalue weighted by atomic mass is 35.5. The van der Waals surface area contributed by atoms with Crippen LogP contribution in [0.4, 0.5) is 11.4 Å². The average molecular weight is 340 g/mol. The van der Waals surface area contributed by atoms with Crippen molar-refractivity contribution >= 4 is 28.9 Å². The van der Waals surface area contributed by atoms with Gasteiger partial charge in [-0.05, 0) is 42.7 Å². The number of hydrogen-bond donors (Lipinski definition) is 2. The van der Waals surface area contributed by atoms with Crippen molar-refractivity contribution in [1.29, 1.82) is 5.26 Å². The van der Waals surface area contributed by atoms with Crippen LogP contribution in [0.5, 0.6) is 0 Å². The molecule has 0 aliphatic rings. The minimum absolute atomic E-state index is 0.0136. The SMILES string of the molecule is CCc1ccccc1N/C=C(/C#N)C(=O)Nc1cc(Cl)ccc1C. The molecule has 0 spiro atoms. The van der Waals surface area contributed by atoms with Gasteiger partial charge >= 0.3 is 0 Å². The van der Waals surface area contributed by atoms with Crippen LogP contribution < -0.4 is 10.6 Å². The van der Waals surface area contributed by atoms with Crippen LogP contribution >= 0.6 is 11.6 Å². The first-order valence-corrected chi connectivity index (χ1v) is 7.95. The Kier molecular flexibility index (Phi) is 6.00. The van der Waals surface area contributed by atoms with E-state index in [1.54, 1.807) is 12.1 Å². The second-order valence-electron chi connectivity index (χ2n) is 5.24. The molecule has 0 bridgehead atoms. The summed E-state index contributed by atoms with van der Waals surface area (Å²) in [4.78, 5) is 12.3. The van der Waals surface area contributed by atoms with Crippen LogP contribution in [0, 0.1) is 18.3 Å². The minimum Gasteiger partial charge on any atom is -0.360 e. The maximum atomic E-state index is 12.3. The number of amides is 1. The molecule has 2 rings (SSSR count). The minimum atomic E-state index is -0.482. The summed E-state index contributed by atoms with van der Waals surface area (Å²) in [6.45, 7) is 3.90. The predicted octanol–water partition coefficient (Wildman–Crippen LogP) is 4.67. The zero-order valence-corrected chi connectivity index (χ0v) is 14.3. The van der Waals surface area contributed by atoms with Crippen LogP contribution in [0.1, 0.15) is 18.1 Å². The van der Waals surface area contributed by atoms with Crippen LogP contribution in [0.3, 0.4) is 0 Å². The number of carbonyl (C=O) groups is 1. The van der Waals surface area contributed by atoms with E-state index in [1.165, 1.54) is 6.20 Å². The molecular formula is C19H18ClN3O. The fraction of sp³-hybridized carbons (Fsp3) is 0.158. The van der Waals surface area contributed by atoms with E-state index in [-0.39, 0.29) is 5.57 Å². The second kappa shape index (κ2) is 8.19. The molecule has 122 valence electrons. The Balaban J connectivity index is 2.17. The molecule has 24 heavy (non-hydrogen) atoms. The number of carbonyl (C=O) groups excluding carboxylic acids is 1. The maximum absolute atomic E-state index is 12.3. The maximum Gasteiger partial charge on any atom is 0.267 e. The van der Waals surface area contributed by atoms with Crippen molar-refractivity contribution in [2.24, 2.45) is 0 Å². The summed E-state index contributed by atoms with van der Waals surface area (Å²) in [5.41, 5.74) is 3.42. The number of para-hydroxylation sites is 1. The number of nitrogens with zero attached hydrogens (tertiary/aromatic N) is 1. The number of hydrogen-bond acceptors (Lipinski definition) is 3. The van der Waals surface area contributed by atoms with Gasteiger partial charge in [0.25, 0.3) is 5.91 Å². The molecule has 1 amide bonds. The van der Waals surface area contributed by atoms with Gasteiger partial charge in [-0.1, -0.05) is 42.8 Å². The largest absolute Gasteiger partial charge is 0.360 e. The molecule has 0 saturated carbocycles. The molecule has 0 saturated heterocycles. The standard InChI is InChI=1S/C19H18ClN3O/c1-3-14-6-4-5-7-17(14)22-12-15(11-21)19(24)23-18-10-16(20)9-8-13(18)2/h4-10,12,22H,3H2,1-2H3,(H,23,24)/b15-12-. The number of nitriles is 1. The lowest BCUT2D eigenvalue weighted by molar-refractivity contribution is -0.112. The summed E-state index contributed by atoms with van der Waals surface area (Å²) in [5.74, 6) is -0.482. The Morgan fingerprint density at radius 2 is 2.00 bits per heavy atom. The van der Waals surface area contributed by atoms with Gasteiger partial charge in [-0.2, -0.15) is 5.26 Å². The van der Waals surface area contributed by atoms with Crippen LogP contribution in [-0.4, -0.2) is 5.91 Å². The normalized spacial score (nSPS) is 10.8. The molecule has 4 nitrogen and oxygen atoms in total. The predicted molar refractivity (Wildman–Crippen MR) is 98.0 cm³/mol. The smallest absolute Gasteiger partial charge is 0.267 e. The molecule has 0 aromatic heterocycles. The first-order valence-electron chi connectivity index (χ1n) is 7.57. The first-order chi connectivity index (χ1) is 11.5. The van der Waals surface area contributed by atoms with Crippen molar-refractivity contribution in [2.75, 3.05) is 10.6 Å². The molecule has 0 unspecified atom stereocenters. The van der Waals surface area contributed by atoms with E-state index in [9.17, 15) is 10.1 Å². The summed E-state index contributed by atoms with van der Waals surface area (Å²) in [6, 6.07) is 14.9. The molecule has 2 N–H and O–H groups in total. The van der Waals surface area contributed by atoms with Crippen molar-refractivity contribution in [2.45, 2.75) is 20.3 Å². The number of rotatable bonds is 5. The lowest BCUT2D eigenvalue weighted by atomic mass is 10.1. The van der Waals surface area contributed by atoms with Crippen molar-refractivity contribution in [3.05, 3.63) is 70.4 Å². The van der Waals surface area contributed by atoms with E-state index in [1.807, 2.05) is 50.2 Å². The third kappa shape index (κ3) is 4.37. The highest BCUT2D eigenvalue weighted by molar-refractivity contribution is 6.31. The Morgan fingerprint density at radius 3 is 2.71 bits per heavy atom.